The maximum absolute atomic E-state index is 14.8. The van der Waals surface area contributed by atoms with E-state index in [1.54, 1.807) is 7.05 Å². The Kier molecular flexibility index (Phi) is 8.03. The first-order valence-corrected chi connectivity index (χ1v) is 12.4. The van der Waals surface area contributed by atoms with Gasteiger partial charge >= 0.3 is 6.03 Å². The van der Waals surface area contributed by atoms with Crippen molar-refractivity contribution in [2.24, 2.45) is 10.8 Å². The third-order valence-electron chi connectivity index (χ3n) is 6.21. The summed E-state index contributed by atoms with van der Waals surface area (Å²) in [7, 11) is 1.59. The van der Waals surface area contributed by atoms with Crippen LogP contribution in [0.2, 0.25) is 0 Å². The SMILES string of the molecule is CN(C(=O)N1N=C(c2cc(F)ccc2F)S[C@@]1(CCCN)c1ccccc1)C(CO)c1ccccc1. The second kappa shape index (κ2) is 11.2. The lowest BCUT2D eigenvalue weighted by Crippen LogP contribution is -2.48. The molecule has 0 radical (unpaired) electrons. The van der Waals surface area contributed by atoms with Crippen molar-refractivity contribution in [3.05, 3.63) is 107 Å². The highest BCUT2D eigenvalue weighted by Crippen LogP contribution is 2.51. The van der Waals surface area contributed by atoms with Crippen LogP contribution in [-0.4, -0.2) is 46.3 Å². The smallest absolute Gasteiger partial charge is 0.342 e. The average molecular weight is 511 g/mol. The van der Waals surface area contributed by atoms with Gasteiger partial charge in [-0.3, -0.25) is 0 Å². The van der Waals surface area contributed by atoms with Crippen LogP contribution in [0.3, 0.4) is 0 Å². The molecule has 1 aliphatic rings. The minimum atomic E-state index is -1.04. The molecule has 3 aromatic carbocycles. The van der Waals surface area contributed by atoms with Gasteiger partial charge in [-0.25, -0.2) is 13.6 Å². The van der Waals surface area contributed by atoms with E-state index in [1.165, 1.54) is 21.7 Å². The number of carbonyl (C=O) groups excluding carboxylic acids is 1. The van der Waals surface area contributed by atoms with Gasteiger partial charge < -0.3 is 15.7 Å². The fourth-order valence-electron chi connectivity index (χ4n) is 4.29. The Balaban J connectivity index is 1.83. The zero-order valence-electron chi connectivity index (χ0n) is 19.8. The molecule has 0 aromatic heterocycles. The van der Waals surface area contributed by atoms with Crippen molar-refractivity contribution in [2.75, 3.05) is 20.2 Å². The van der Waals surface area contributed by atoms with Crippen molar-refractivity contribution < 1.29 is 18.7 Å². The number of halogens is 2. The van der Waals surface area contributed by atoms with Crippen LogP contribution in [0.1, 0.15) is 35.6 Å². The number of carbonyl (C=O) groups is 1. The summed E-state index contributed by atoms with van der Waals surface area (Å²) in [6.45, 7) is 0.0728. The number of hydrogen-bond donors (Lipinski definition) is 2. The number of aliphatic hydroxyl groups excluding tert-OH is 1. The average Bonchev–Trinajstić information content (AvgIpc) is 3.30. The fourth-order valence-corrected chi connectivity index (χ4v) is 5.71. The van der Waals surface area contributed by atoms with E-state index in [2.05, 4.69) is 5.10 Å². The first-order chi connectivity index (χ1) is 17.4. The van der Waals surface area contributed by atoms with Crippen molar-refractivity contribution in [2.45, 2.75) is 23.8 Å². The van der Waals surface area contributed by atoms with Gasteiger partial charge in [0, 0.05) is 12.6 Å². The summed E-state index contributed by atoms with van der Waals surface area (Å²) < 4.78 is 28.9. The van der Waals surface area contributed by atoms with Crippen LogP contribution in [0.25, 0.3) is 0 Å². The van der Waals surface area contributed by atoms with Gasteiger partial charge in [-0.2, -0.15) is 10.1 Å². The summed E-state index contributed by atoms with van der Waals surface area (Å²) in [5.41, 5.74) is 7.38. The van der Waals surface area contributed by atoms with Crippen LogP contribution in [0.15, 0.2) is 84.0 Å². The van der Waals surface area contributed by atoms with Crippen LogP contribution in [-0.2, 0) is 4.87 Å². The molecule has 6 nitrogen and oxygen atoms in total. The van der Waals surface area contributed by atoms with Crippen LogP contribution in [0.5, 0.6) is 0 Å². The third kappa shape index (κ3) is 5.00. The van der Waals surface area contributed by atoms with Gasteiger partial charge in [0.2, 0.25) is 0 Å². The molecule has 4 rings (SSSR count). The molecule has 2 atom stereocenters. The second-order valence-electron chi connectivity index (χ2n) is 8.49. The molecule has 188 valence electrons. The van der Waals surface area contributed by atoms with Crippen LogP contribution in [0.4, 0.5) is 13.6 Å². The topological polar surface area (TPSA) is 82.2 Å². The molecule has 0 aliphatic carbocycles. The van der Waals surface area contributed by atoms with E-state index in [9.17, 15) is 18.7 Å². The number of amides is 2. The van der Waals surface area contributed by atoms with E-state index in [0.29, 0.717) is 19.4 Å². The molecule has 9 heteroatoms. The molecule has 0 saturated heterocycles. The first kappa shape index (κ1) is 25.8. The van der Waals surface area contributed by atoms with Gasteiger partial charge in [-0.1, -0.05) is 72.4 Å². The summed E-state index contributed by atoms with van der Waals surface area (Å²) in [6, 6.07) is 20.6. The first-order valence-electron chi connectivity index (χ1n) is 11.6. The van der Waals surface area contributed by atoms with E-state index >= 15 is 0 Å². The standard InChI is InChI=1S/C27H28F2N4O2S/c1-32(24(18-34)19-9-4-2-5-10-19)26(35)33-27(15-8-16-30,20-11-6-3-7-12-20)36-25(31-33)22-17-21(28)13-14-23(22)29/h2-7,9-14,17,24,34H,8,15-16,18,30H2,1H3/t24?,27-/m0/s1. The Hall–Kier alpha value is -3.27. The van der Waals surface area contributed by atoms with E-state index in [1.807, 2.05) is 60.7 Å². The third-order valence-corrected chi connectivity index (χ3v) is 7.65. The molecule has 0 bridgehead atoms. The second-order valence-corrected chi connectivity index (χ2v) is 9.75. The Labute approximate surface area is 213 Å². The number of hydrazone groups is 1. The summed E-state index contributed by atoms with van der Waals surface area (Å²) in [4.78, 5) is 14.4. The molecule has 36 heavy (non-hydrogen) atoms. The Morgan fingerprint density at radius 2 is 1.78 bits per heavy atom. The summed E-state index contributed by atoms with van der Waals surface area (Å²) in [5.74, 6) is -1.24. The number of likely N-dealkylation sites (N-methyl/N-ethyl adjacent to an activating group) is 1. The lowest BCUT2D eigenvalue weighted by Gasteiger charge is -2.39. The lowest BCUT2D eigenvalue weighted by molar-refractivity contribution is 0.0992. The number of thioether (sulfide) groups is 1. The molecular weight excluding hydrogens is 482 g/mol. The molecule has 0 saturated carbocycles. The zero-order valence-corrected chi connectivity index (χ0v) is 20.7. The number of rotatable bonds is 8. The van der Waals surface area contributed by atoms with Crippen LogP contribution >= 0.6 is 11.8 Å². The number of nitrogens with two attached hydrogens (primary N) is 1. The minimum absolute atomic E-state index is 0.0206. The lowest BCUT2D eigenvalue weighted by atomic mass is 10.00. The van der Waals surface area contributed by atoms with Crippen molar-refractivity contribution in [3.63, 3.8) is 0 Å². The van der Waals surface area contributed by atoms with Gasteiger partial charge in [0.25, 0.3) is 0 Å². The summed E-state index contributed by atoms with van der Waals surface area (Å²) >= 11 is 1.20. The highest BCUT2D eigenvalue weighted by Gasteiger charge is 2.50. The van der Waals surface area contributed by atoms with Crippen molar-refractivity contribution >= 4 is 22.8 Å². The zero-order chi connectivity index (χ0) is 25.7. The maximum Gasteiger partial charge on any atom is 0.342 e. The molecule has 1 unspecified atom stereocenters. The molecule has 1 aliphatic heterocycles. The van der Waals surface area contributed by atoms with Gasteiger partial charge in [0.05, 0.1) is 12.6 Å². The largest absolute Gasteiger partial charge is 0.394 e. The van der Waals surface area contributed by atoms with Crippen molar-refractivity contribution in [3.8, 4) is 0 Å². The van der Waals surface area contributed by atoms with Gasteiger partial charge in [0.1, 0.15) is 21.5 Å². The predicted molar refractivity (Wildman–Crippen MR) is 138 cm³/mol. The highest BCUT2D eigenvalue weighted by atomic mass is 32.2. The van der Waals surface area contributed by atoms with E-state index in [0.717, 1.165) is 29.3 Å². The summed E-state index contributed by atoms with van der Waals surface area (Å²) in [5, 5.41) is 16.2. The van der Waals surface area contributed by atoms with Crippen LogP contribution in [0, 0.1) is 11.6 Å². The molecule has 0 spiro atoms. The van der Waals surface area contributed by atoms with Crippen molar-refractivity contribution in [1.29, 1.82) is 0 Å². The quantitative estimate of drug-likeness (QED) is 0.444. The Morgan fingerprint density at radius 1 is 1.11 bits per heavy atom. The Bertz CT molecular complexity index is 1230. The fraction of sp³-hybridized carbons (Fsp3) is 0.259. The molecule has 1 heterocycles. The molecule has 3 N–H and O–H groups in total. The number of nitrogens with zero attached hydrogens (tertiary/aromatic N) is 3. The maximum atomic E-state index is 14.8. The van der Waals surface area contributed by atoms with Crippen LogP contribution < -0.4 is 5.73 Å². The van der Waals surface area contributed by atoms with E-state index < -0.39 is 28.6 Å². The number of urea groups is 1. The summed E-state index contributed by atoms with van der Waals surface area (Å²) in [6.07, 6.45) is 0.989. The monoisotopic (exact) mass is 510 g/mol. The van der Waals surface area contributed by atoms with Gasteiger partial charge in [-0.15, -0.1) is 0 Å². The Morgan fingerprint density at radius 3 is 2.42 bits per heavy atom. The minimum Gasteiger partial charge on any atom is -0.394 e. The van der Waals surface area contributed by atoms with Gasteiger partial charge in [-0.05, 0) is 48.7 Å². The molecule has 2 amide bonds. The van der Waals surface area contributed by atoms with Crippen molar-refractivity contribution in [1.82, 2.24) is 9.91 Å². The highest BCUT2D eigenvalue weighted by molar-refractivity contribution is 8.15. The normalized spacial score (nSPS) is 18.1. The predicted octanol–water partition coefficient (Wildman–Crippen LogP) is 5.05. The molecular formula is C27H28F2N4O2S. The van der Waals surface area contributed by atoms with E-state index in [-0.39, 0.29) is 17.2 Å². The number of hydrogen-bond acceptors (Lipinski definition) is 5. The van der Waals surface area contributed by atoms with Gasteiger partial charge in [0.15, 0.2) is 0 Å². The number of aliphatic hydroxyl groups is 1. The molecule has 0 fully saturated rings. The van der Waals surface area contributed by atoms with E-state index in [4.69, 9.17) is 5.73 Å². The molecule has 3 aromatic rings. The number of benzene rings is 3.